The van der Waals surface area contributed by atoms with E-state index in [9.17, 15) is 16.8 Å². The maximum Gasteiger partial charge on any atom is 0.217 e. The number of nitrogens with zero attached hydrogens (tertiary/aromatic N) is 1. The molecule has 0 aromatic heterocycles. The molecule has 8 heteroatoms. The van der Waals surface area contributed by atoms with Crippen molar-refractivity contribution in [1.82, 2.24) is 9.62 Å². The highest BCUT2D eigenvalue weighted by Gasteiger charge is 2.36. The Labute approximate surface area is 102 Å². The molecule has 2 fully saturated rings. The van der Waals surface area contributed by atoms with Gasteiger partial charge in [-0.05, 0) is 25.9 Å². The van der Waals surface area contributed by atoms with Gasteiger partial charge in [-0.1, -0.05) is 0 Å². The smallest absolute Gasteiger partial charge is 0.217 e. The van der Waals surface area contributed by atoms with Crippen LogP contribution in [0.5, 0.6) is 0 Å². The third-order valence-corrected chi connectivity index (χ3v) is 7.38. The van der Waals surface area contributed by atoms with E-state index in [0.29, 0.717) is 12.8 Å². The van der Waals surface area contributed by atoms with Crippen LogP contribution in [-0.4, -0.2) is 64.1 Å². The molecule has 100 valence electrons. The molecule has 0 aliphatic carbocycles. The lowest BCUT2D eigenvalue weighted by molar-refractivity contribution is 0.405. The van der Waals surface area contributed by atoms with Gasteiger partial charge in [0.2, 0.25) is 10.0 Å². The molecule has 0 aromatic rings. The van der Waals surface area contributed by atoms with E-state index < -0.39 is 19.9 Å². The van der Waals surface area contributed by atoms with Crippen LogP contribution in [-0.2, 0) is 19.9 Å². The Morgan fingerprint density at radius 2 is 1.59 bits per heavy atom. The normalized spacial score (nSPS) is 28.0. The average molecular weight is 282 g/mol. The van der Waals surface area contributed by atoms with Gasteiger partial charge < -0.3 is 5.32 Å². The SMILES string of the molecule is O=S1(=O)CCN(S(=O)(=O)C2CCNCC2)CC1. The van der Waals surface area contributed by atoms with Gasteiger partial charge in [0, 0.05) is 13.1 Å². The van der Waals surface area contributed by atoms with Crippen LogP contribution in [0.25, 0.3) is 0 Å². The number of piperidine rings is 1. The van der Waals surface area contributed by atoms with E-state index in [1.807, 2.05) is 0 Å². The van der Waals surface area contributed by atoms with Crippen molar-refractivity contribution in [2.24, 2.45) is 0 Å². The van der Waals surface area contributed by atoms with Crippen LogP contribution in [0.3, 0.4) is 0 Å². The van der Waals surface area contributed by atoms with Crippen molar-refractivity contribution in [2.45, 2.75) is 18.1 Å². The number of rotatable bonds is 2. The summed E-state index contributed by atoms with van der Waals surface area (Å²) >= 11 is 0. The summed E-state index contributed by atoms with van der Waals surface area (Å²) < 4.78 is 48.4. The summed E-state index contributed by atoms with van der Waals surface area (Å²) in [5.74, 6) is -0.0889. The first-order valence-electron chi connectivity index (χ1n) is 5.82. The second-order valence-electron chi connectivity index (χ2n) is 4.55. The molecule has 0 unspecified atom stereocenters. The Bertz CT molecular complexity index is 451. The second-order valence-corrected chi connectivity index (χ2v) is 9.06. The molecule has 0 atom stereocenters. The minimum absolute atomic E-state index is 0.0444. The Kier molecular flexibility index (Phi) is 3.77. The van der Waals surface area contributed by atoms with E-state index in [-0.39, 0.29) is 29.8 Å². The Balaban J connectivity index is 2.06. The highest BCUT2D eigenvalue weighted by Crippen LogP contribution is 2.19. The van der Waals surface area contributed by atoms with E-state index in [1.54, 1.807) is 0 Å². The van der Waals surface area contributed by atoms with Crippen LogP contribution in [0.2, 0.25) is 0 Å². The summed E-state index contributed by atoms with van der Waals surface area (Å²) in [6.45, 7) is 1.68. The first kappa shape index (κ1) is 13.3. The molecule has 17 heavy (non-hydrogen) atoms. The second kappa shape index (κ2) is 4.83. The van der Waals surface area contributed by atoms with Crippen molar-refractivity contribution in [1.29, 1.82) is 0 Å². The summed E-state index contributed by atoms with van der Waals surface area (Å²) in [4.78, 5) is 0. The molecule has 0 aromatic carbocycles. The van der Waals surface area contributed by atoms with Crippen molar-refractivity contribution in [3.63, 3.8) is 0 Å². The van der Waals surface area contributed by atoms with E-state index in [4.69, 9.17) is 0 Å². The lowest BCUT2D eigenvalue weighted by Gasteiger charge is -2.31. The van der Waals surface area contributed by atoms with E-state index in [2.05, 4.69) is 5.32 Å². The third-order valence-electron chi connectivity index (χ3n) is 3.37. The van der Waals surface area contributed by atoms with Crippen molar-refractivity contribution in [3.8, 4) is 0 Å². The zero-order chi connectivity index (χ0) is 12.5. The van der Waals surface area contributed by atoms with Crippen molar-refractivity contribution in [3.05, 3.63) is 0 Å². The molecule has 0 radical (unpaired) electrons. The largest absolute Gasteiger partial charge is 0.317 e. The monoisotopic (exact) mass is 282 g/mol. The van der Waals surface area contributed by atoms with Crippen LogP contribution in [0, 0.1) is 0 Å². The summed E-state index contributed by atoms with van der Waals surface area (Å²) in [6, 6.07) is 0. The van der Waals surface area contributed by atoms with Crippen molar-refractivity contribution < 1.29 is 16.8 Å². The van der Waals surface area contributed by atoms with Crippen molar-refractivity contribution >= 4 is 19.9 Å². The Morgan fingerprint density at radius 1 is 1.06 bits per heavy atom. The molecule has 2 rings (SSSR count). The Hall–Kier alpha value is -0.180. The fourth-order valence-corrected chi connectivity index (χ4v) is 5.63. The lowest BCUT2D eigenvalue weighted by atomic mass is 10.2. The van der Waals surface area contributed by atoms with E-state index >= 15 is 0 Å². The minimum atomic E-state index is -3.31. The molecule has 0 amide bonds. The number of nitrogens with one attached hydrogen (secondary N) is 1. The minimum Gasteiger partial charge on any atom is -0.317 e. The lowest BCUT2D eigenvalue weighted by Crippen LogP contribution is -2.49. The van der Waals surface area contributed by atoms with Gasteiger partial charge in [-0.2, -0.15) is 4.31 Å². The number of hydrogen-bond acceptors (Lipinski definition) is 5. The van der Waals surface area contributed by atoms with Crippen LogP contribution >= 0.6 is 0 Å². The van der Waals surface area contributed by atoms with Gasteiger partial charge >= 0.3 is 0 Å². The summed E-state index contributed by atoms with van der Waals surface area (Å²) in [6.07, 6.45) is 1.23. The molecule has 2 aliphatic rings. The van der Waals surface area contributed by atoms with Crippen molar-refractivity contribution in [2.75, 3.05) is 37.7 Å². The molecule has 0 spiro atoms. The first-order valence-corrected chi connectivity index (χ1v) is 9.14. The fraction of sp³-hybridized carbons (Fsp3) is 1.00. The summed E-state index contributed by atoms with van der Waals surface area (Å²) in [5, 5.41) is 2.78. The predicted octanol–water partition coefficient (Wildman–Crippen LogP) is -1.20. The van der Waals surface area contributed by atoms with Crippen LogP contribution in [0.4, 0.5) is 0 Å². The Morgan fingerprint density at radius 3 is 2.12 bits per heavy atom. The van der Waals surface area contributed by atoms with Gasteiger partial charge in [0.15, 0.2) is 9.84 Å². The summed E-state index contributed by atoms with van der Waals surface area (Å²) in [7, 11) is -6.33. The third kappa shape index (κ3) is 2.98. The first-order chi connectivity index (χ1) is 7.92. The van der Waals surface area contributed by atoms with Crippen LogP contribution < -0.4 is 5.32 Å². The molecule has 0 bridgehead atoms. The fourth-order valence-electron chi connectivity index (χ4n) is 2.25. The highest BCUT2D eigenvalue weighted by atomic mass is 32.2. The molecule has 2 saturated heterocycles. The molecule has 6 nitrogen and oxygen atoms in total. The zero-order valence-corrected chi connectivity index (χ0v) is 11.3. The quantitative estimate of drug-likeness (QED) is 0.688. The standard InChI is InChI=1S/C9H18N2O4S2/c12-16(13)7-5-11(6-8-16)17(14,15)9-1-3-10-4-2-9/h9-10H,1-8H2. The number of hydrogen-bond donors (Lipinski definition) is 1. The molecular weight excluding hydrogens is 264 g/mol. The van der Waals surface area contributed by atoms with Crippen LogP contribution in [0.1, 0.15) is 12.8 Å². The molecule has 1 N–H and O–H groups in total. The van der Waals surface area contributed by atoms with Gasteiger partial charge in [-0.15, -0.1) is 0 Å². The zero-order valence-electron chi connectivity index (χ0n) is 9.63. The average Bonchev–Trinajstić information content (AvgIpc) is 2.29. The number of sulfone groups is 1. The molecule has 2 aliphatic heterocycles. The van der Waals surface area contributed by atoms with Gasteiger partial charge in [-0.25, -0.2) is 16.8 Å². The molecule has 0 saturated carbocycles. The van der Waals surface area contributed by atoms with E-state index in [0.717, 1.165) is 13.1 Å². The predicted molar refractivity (Wildman–Crippen MR) is 65.0 cm³/mol. The maximum absolute atomic E-state index is 12.3. The maximum atomic E-state index is 12.3. The molecular formula is C9H18N2O4S2. The topological polar surface area (TPSA) is 83.6 Å². The van der Waals surface area contributed by atoms with Gasteiger partial charge in [-0.3, -0.25) is 0 Å². The summed E-state index contributed by atoms with van der Waals surface area (Å²) in [5.41, 5.74) is 0. The molecule has 2 heterocycles. The highest BCUT2D eigenvalue weighted by molar-refractivity contribution is 7.92. The van der Waals surface area contributed by atoms with Crippen LogP contribution in [0.15, 0.2) is 0 Å². The van der Waals surface area contributed by atoms with Gasteiger partial charge in [0.25, 0.3) is 0 Å². The van der Waals surface area contributed by atoms with Gasteiger partial charge in [0.1, 0.15) is 0 Å². The van der Waals surface area contributed by atoms with Gasteiger partial charge in [0.05, 0.1) is 16.8 Å². The number of sulfonamides is 1. The van der Waals surface area contributed by atoms with E-state index in [1.165, 1.54) is 4.31 Å².